The van der Waals surface area contributed by atoms with E-state index in [1.54, 1.807) is 11.3 Å². The van der Waals surface area contributed by atoms with E-state index in [-0.39, 0.29) is 35.8 Å². The first-order valence-corrected chi connectivity index (χ1v) is 9.69. The Morgan fingerprint density at radius 2 is 2.04 bits per heavy atom. The van der Waals surface area contributed by atoms with E-state index in [4.69, 9.17) is 0 Å². The Labute approximate surface area is 178 Å². The molecule has 2 amide bonds. The number of hydrogen-bond acceptors (Lipinski definition) is 4. The first-order valence-electron chi connectivity index (χ1n) is 8.08. The Morgan fingerprint density at radius 1 is 1.36 bits per heavy atom. The van der Waals surface area contributed by atoms with Crippen molar-refractivity contribution in [3.8, 4) is 0 Å². The number of imide groups is 1. The molecule has 25 heavy (non-hydrogen) atoms. The maximum atomic E-state index is 11.8. The van der Waals surface area contributed by atoms with Crippen LogP contribution in [-0.4, -0.2) is 54.3 Å². The first-order chi connectivity index (χ1) is 11.5. The molecule has 1 fully saturated rings. The monoisotopic (exact) mass is 542 g/mol. The van der Waals surface area contributed by atoms with Crippen LogP contribution in [0.1, 0.15) is 31.1 Å². The highest BCUT2D eigenvalue weighted by Crippen LogP contribution is 2.23. The van der Waals surface area contributed by atoms with Crippen LogP contribution in [0, 0.1) is 0 Å². The molecule has 2 rings (SSSR count). The number of thiophene rings is 1. The highest BCUT2D eigenvalue weighted by atomic mass is 127. The number of likely N-dealkylation sites (tertiary alicyclic amines) is 1. The summed E-state index contributed by atoms with van der Waals surface area (Å²) in [6, 6.07) is 4.12. The normalized spacial score (nSPS) is 15.2. The van der Waals surface area contributed by atoms with E-state index in [9.17, 15) is 9.59 Å². The lowest BCUT2D eigenvalue weighted by Crippen LogP contribution is -2.42. The maximum Gasteiger partial charge on any atom is 0.229 e. The second-order valence-corrected chi connectivity index (χ2v) is 8.14. The molecule has 0 aliphatic carbocycles. The third-order valence-electron chi connectivity index (χ3n) is 3.69. The fraction of sp³-hybridized carbons (Fsp3) is 0.562. The summed E-state index contributed by atoms with van der Waals surface area (Å²) in [5.41, 5.74) is 0. The van der Waals surface area contributed by atoms with Crippen LogP contribution < -0.4 is 5.32 Å². The second kappa shape index (κ2) is 11.1. The highest BCUT2D eigenvalue weighted by Gasteiger charge is 2.25. The van der Waals surface area contributed by atoms with Gasteiger partial charge in [-0.2, -0.15) is 0 Å². The number of amides is 2. The molecule has 0 saturated carbocycles. The molecule has 0 atom stereocenters. The van der Waals surface area contributed by atoms with Crippen molar-refractivity contribution in [1.29, 1.82) is 0 Å². The number of hydrogen-bond donors (Lipinski definition) is 1. The van der Waals surface area contributed by atoms with Gasteiger partial charge >= 0.3 is 0 Å². The van der Waals surface area contributed by atoms with E-state index >= 15 is 0 Å². The fourth-order valence-electron chi connectivity index (χ4n) is 2.52. The summed E-state index contributed by atoms with van der Waals surface area (Å²) in [4.78, 5) is 32.8. The topological polar surface area (TPSA) is 65.0 Å². The van der Waals surface area contributed by atoms with Crippen molar-refractivity contribution in [2.24, 2.45) is 4.99 Å². The zero-order valence-corrected chi connectivity index (χ0v) is 19.2. The van der Waals surface area contributed by atoms with Crippen molar-refractivity contribution < 1.29 is 9.59 Å². The van der Waals surface area contributed by atoms with Gasteiger partial charge in [0.15, 0.2) is 5.96 Å². The molecular formula is C16H24BrIN4O2S. The Bertz CT molecular complexity index is 607. The quantitative estimate of drug-likeness (QED) is 0.260. The Hall–Kier alpha value is -0.680. The zero-order chi connectivity index (χ0) is 17.5. The molecule has 0 aromatic carbocycles. The molecule has 0 bridgehead atoms. The number of nitrogens with one attached hydrogen (secondary N) is 1. The molecule has 1 N–H and O–H groups in total. The smallest absolute Gasteiger partial charge is 0.229 e. The Morgan fingerprint density at radius 3 is 2.60 bits per heavy atom. The van der Waals surface area contributed by atoms with Crippen LogP contribution >= 0.6 is 51.2 Å². The number of guanidine groups is 1. The van der Waals surface area contributed by atoms with Gasteiger partial charge < -0.3 is 10.2 Å². The Kier molecular flexibility index (Phi) is 9.95. The van der Waals surface area contributed by atoms with Crippen LogP contribution in [0.2, 0.25) is 0 Å². The number of halogens is 2. The van der Waals surface area contributed by atoms with E-state index in [0.29, 0.717) is 32.4 Å². The van der Waals surface area contributed by atoms with E-state index in [1.807, 2.05) is 24.9 Å². The molecular weight excluding hydrogens is 519 g/mol. The van der Waals surface area contributed by atoms with Gasteiger partial charge in [-0.3, -0.25) is 19.5 Å². The lowest BCUT2D eigenvalue weighted by Gasteiger charge is -2.25. The van der Waals surface area contributed by atoms with Crippen molar-refractivity contribution in [2.45, 2.75) is 32.7 Å². The van der Waals surface area contributed by atoms with Gasteiger partial charge in [0, 0.05) is 37.9 Å². The third kappa shape index (κ3) is 6.86. The summed E-state index contributed by atoms with van der Waals surface area (Å²) in [5, 5.41) is 3.25. The number of rotatable bonds is 6. The predicted octanol–water partition coefficient (Wildman–Crippen LogP) is 3.07. The molecule has 9 heteroatoms. The molecule has 0 unspecified atom stereocenters. The lowest BCUT2D eigenvalue weighted by atomic mass is 10.1. The average molecular weight is 543 g/mol. The minimum atomic E-state index is -0.0803. The second-order valence-electron chi connectivity index (χ2n) is 5.59. The molecule has 1 aliphatic heterocycles. The van der Waals surface area contributed by atoms with Gasteiger partial charge in [-0.15, -0.1) is 35.3 Å². The van der Waals surface area contributed by atoms with E-state index in [2.05, 4.69) is 32.3 Å². The van der Waals surface area contributed by atoms with Gasteiger partial charge in [0.25, 0.3) is 0 Å². The van der Waals surface area contributed by atoms with Crippen LogP contribution in [0.25, 0.3) is 0 Å². The van der Waals surface area contributed by atoms with Crippen LogP contribution in [0.4, 0.5) is 0 Å². The maximum absolute atomic E-state index is 11.8. The van der Waals surface area contributed by atoms with Crippen LogP contribution in [0.3, 0.4) is 0 Å². The van der Waals surface area contributed by atoms with Crippen molar-refractivity contribution in [2.75, 3.05) is 26.7 Å². The summed E-state index contributed by atoms with van der Waals surface area (Å²) in [7, 11) is 1.98. The molecule has 0 spiro atoms. The standard InChI is InChI=1S/C16H23BrN4O2S.HI/c1-3-18-16(20(2)11-12-7-8-13(17)24-12)19-9-10-21-14(22)5-4-6-15(21)23;/h7-8H,3-6,9-11H2,1-2H3,(H,18,19);1H. The zero-order valence-electron chi connectivity index (χ0n) is 14.5. The summed E-state index contributed by atoms with van der Waals surface area (Å²) < 4.78 is 1.11. The van der Waals surface area contributed by atoms with Crippen LogP contribution in [-0.2, 0) is 16.1 Å². The van der Waals surface area contributed by atoms with E-state index < -0.39 is 0 Å². The molecule has 2 heterocycles. The van der Waals surface area contributed by atoms with Crippen molar-refractivity contribution >= 4 is 69.0 Å². The van der Waals surface area contributed by atoms with Crippen LogP contribution in [0.15, 0.2) is 20.9 Å². The van der Waals surface area contributed by atoms with Crippen molar-refractivity contribution in [1.82, 2.24) is 15.1 Å². The van der Waals surface area contributed by atoms with Gasteiger partial charge in [0.2, 0.25) is 11.8 Å². The van der Waals surface area contributed by atoms with E-state index in [1.165, 1.54) is 9.78 Å². The number of aliphatic imine (C=N–C) groups is 1. The predicted molar refractivity (Wildman–Crippen MR) is 115 cm³/mol. The number of piperidine rings is 1. The number of carbonyl (C=O) groups is 2. The largest absolute Gasteiger partial charge is 0.357 e. The Balaban J connectivity index is 0.00000312. The molecule has 1 aliphatic rings. The molecule has 1 saturated heterocycles. The third-order valence-corrected chi connectivity index (χ3v) is 5.30. The molecule has 1 aromatic heterocycles. The number of nitrogens with zero attached hydrogens (tertiary/aromatic N) is 3. The van der Waals surface area contributed by atoms with Crippen molar-refractivity contribution in [3.63, 3.8) is 0 Å². The molecule has 1 aromatic rings. The lowest BCUT2D eigenvalue weighted by molar-refractivity contribution is -0.147. The van der Waals surface area contributed by atoms with Gasteiger partial charge in [0.05, 0.1) is 16.9 Å². The van der Waals surface area contributed by atoms with Gasteiger partial charge in [0.1, 0.15) is 0 Å². The minimum absolute atomic E-state index is 0. The minimum Gasteiger partial charge on any atom is -0.357 e. The summed E-state index contributed by atoms with van der Waals surface area (Å²) in [5.74, 6) is 0.616. The molecule has 0 radical (unpaired) electrons. The van der Waals surface area contributed by atoms with Crippen LogP contribution in [0.5, 0.6) is 0 Å². The summed E-state index contributed by atoms with van der Waals surface area (Å²) in [6.07, 6.45) is 1.59. The number of carbonyl (C=O) groups excluding carboxylic acids is 2. The fourth-order valence-corrected chi connectivity index (χ4v) is 4.06. The highest BCUT2D eigenvalue weighted by molar-refractivity contribution is 14.0. The summed E-state index contributed by atoms with van der Waals surface area (Å²) >= 11 is 5.17. The SMILES string of the molecule is CCNC(=NCCN1C(=O)CCCC1=O)N(C)Cc1ccc(Br)s1.I. The van der Waals surface area contributed by atoms with Gasteiger partial charge in [-0.05, 0) is 41.4 Å². The average Bonchev–Trinajstić information content (AvgIpc) is 2.94. The van der Waals surface area contributed by atoms with Crippen molar-refractivity contribution in [3.05, 3.63) is 20.8 Å². The first kappa shape index (κ1) is 22.4. The van der Waals surface area contributed by atoms with E-state index in [0.717, 1.165) is 22.8 Å². The molecule has 140 valence electrons. The summed E-state index contributed by atoms with van der Waals surface area (Å²) in [6.45, 7) is 4.30. The van der Waals surface area contributed by atoms with Gasteiger partial charge in [-0.1, -0.05) is 0 Å². The molecule has 6 nitrogen and oxygen atoms in total. The van der Waals surface area contributed by atoms with Gasteiger partial charge in [-0.25, -0.2) is 0 Å².